The maximum atomic E-state index is 13.4. The van der Waals surface area contributed by atoms with Crippen molar-refractivity contribution in [3.8, 4) is 0 Å². The van der Waals surface area contributed by atoms with Crippen molar-refractivity contribution in [2.24, 2.45) is 5.92 Å². The van der Waals surface area contributed by atoms with Gasteiger partial charge in [-0.2, -0.15) is 8.42 Å². The van der Waals surface area contributed by atoms with E-state index in [1.165, 1.54) is 31.2 Å². The summed E-state index contributed by atoms with van der Waals surface area (Å²) in [5.74, 6) is -4.49. The van der Waals surface area contributed by atoms with Crippen molar-refractivity contribution in [3.05, 3.63) is 41.8 Å². The second-order valence-electron chi connectivity index (χ2n) is 8.35. The Hall–Kier alpha value is -1.04. The number of benzene rings is 1. The Labute approximate surface area is 275 Å². The van der Waals surface area contributed by atoms with E-state index in [4.69, 9.17) is 88.0 Å². The number of carbonyl (C=O) groups excluding carboxylic acids is 3. The molecule has 1 aliphatic heterocycles. The lowest BCUT2D eigenvalue weighted by molar-refractivity contribution is -0.160. The van der Waals surface area contributed by atoms with Gasteiger partial charge in [0.25, 0.3) is 0 Å². The third kappa shape index (κ3) is 11.1. The second kappa shape index (κ2) is 14.4. The fourth-order valence-corrected chi connectivity index (χ4v) is 7.86. The molecular formula is C21H21Cl6NO11S3. The molecule has 0 bridgehead atoms. The number of likely N-dealkylation sites (tertiary alicyclic amines) is 1. The summed E-state index contributed by atoms with van der Waals surface area (Å²) in [6.45, 7) is 0.698. The van der Waals surface area contributed by atoms with Gasteiger partial charge < -0.3 is 18.4 Å². The predicted octanol–water partition coefficient (Wildman–Crippen LogP) is 4.93. The summed E-state index contributed by atoms with van der Waals surface area (Å²) in [5, 5.41) is -1.52. The number of rotatable bonds is 11. The highest BCUT2D eigenvalue weighted by atomic mass is 35.6. The molecule has 1 saturated heterocycles. The van der Waals surface area contributed by atoms with Gasteiger partial charge in [-0.15, -0.1) is 0 Å². The molecule has 0 radical (unpaired) electrons. The SMILES string of the molecule is CC(OS(C)(=O)=O)=C(C(=O)OCC(Cl)(Cl)Cl)N1C(=O)[C@H]([C@@H](C)OC(=O)OCC(Cl)(Cl)Cl)[C@H]1SS(=O)(=O)c1ccccc1. The molecule has 1 amide bonds. The van der Waals surface area contributed by atoms with Crippen LogP contribution in [0.15, 0.2) is 46.7 Å². The maximum absolute atomic E-state index is 13.4. The number of ether oxygens (including phenoxy) is 3. The Morgan fingerprint density at radius 2 is 1.50 bits per heavy atom. The predicted molar refractivity (Wildman–Crippen MR) is 157 cm³/mol. The second-order valence-corrected chi connectivity index (χ2v) is 18.9. The van der Waals surface area contributed by atoms with Crippen LogP contribution in [0.25, 0.3) is 0 Å². The van der Waals surface area contributed by atoms with Crippen molar-refractivity contribution in [3.63, 3.8) is 0 Å². The molecule has 12 nitrogen and oxygen atoms in total. The van der Waals surface area contributed by atoms with Crippen LogP contribution in [0.5, 0.6) is 0 Å². The minimum Gasteiger partial charge on any atom is -0.456 e. The molecule has 236 valence electrons. The Morgan fingerprint density at radius 1 is 0.976 bits per heavy atom. The maximum Gasteiger partial charge on any atom is 0.508 e. The van der Waals surface area contributed by atoms with Crippen LogP contribution in [0.3, 0.4) is 0 Å². The average Bonchev–Trinajstić information content (AvgIpc) is 2.82. The van der Waals surface area contributed by atoms with Gasteiger partial charge in [0.05, 0.1) is 11.2 Å². The molecule has 3 atom stereocenters. The lowest BCUT2D eigenvalue weighted by Gasteiger charge is -2.47. The van der Waals surface area contributed by atoms with E-state index in [1.54, 1.807) is 6.07 Å². The molecule has 1 aromatic carbocycles. The van der Waals surface area contributed by atoms with Gasteiger partial charge in [0.1, 0.15) is 36.4 Å². The van der Waals surface area contributed by atoms with Crippen LogP contribution in [-0.4, -0.2) is 78.3 Å². The molecular weight excluding hydrogens is 751 g/mol. The zero-order chi connectivity index (χ0) is 32.3. The Morgan fingerprint density at radius 3 is 2.00 bits per heavy atom. The van der Waals surface area contributed by atoms with Crippen LogP contribution >= 0.6 is 80.4 Å². The fraction of sp³-hybridized carbons (Fsp3) is 0.476. The summed E-state index contributed by atoms with van der Waals surface area (Å²) in [6.07, 6.45) is -2.08. The van der Waals surface area contributed by atoms with Gasteiger partial charge in [-0.25, -0.2) is 18.0 Å². The standard InChI is InChI=1S/C21H21Cl6NO11S3/c1-11(38-19(31)37-10-21(25,26)27)14-16(29)28(17(14)40-42(34,35)13-7-5-4-6-8-13)15(12(2)39-41(3,32)33)18(30)36-9-20(22,23)24/h4-8,11,14,17H,9-10H2,1-3H3/t11-,14+,17-/m1/s1. The fourth-order valence-electron chi connectivity index (χ4n) is 3.33. The number of hydrogen-bond donors (Lipinski definition) is 0. The van der Waals surface area contributed by atoms with E-state index in [0.717, 1.165) is 6.92 Å². The van der Waals surface area contributed by atoms with Crippen LogP contribution in [-0.2, 0) is 47.0 Å². The van der Waals surface area contributed by atoms with Crippen molar-refractivity contribution in [2.75, 3.05) is 19.5 Å². The number of allylic oxidation sites excluding steroid dienone is 1. The van der Waals surface area contributed by atoms with E-state index in [9.17, 15) is 31.2 Å². The molecule has 0 aliphatic carbocycles. The smallest absolute Gasteiger partial charge is 0.456 e. The minimum absolute atomic E-state index is 0.169. The van der Waals surface area contributed by atoms with Gasteiger partial charge in [0.15, 0.2) is 5.70 Å². The summed E-state index contributed by atoms with van der Waals surface area (Å²) < 4.78 is 65.7. The lowest BCUT2D eigenvalue weighted by atomic mass is 9.91. The highest BCUT2D eigenvalue weighted by molar-refractivity contribution is 8.72. The quantitative estimate of drug-likeness (QED) is 0.0569. The number of hydrogen-bond acceptors (Lipinski definition) is 12. The lowest BCUT2D eigenvalue weighted by Crippen LogP contribution is -2.64. The first-order valence-electron chi connectivity index (χ1n) is 11.1. The highest BCUT2D eigenvalue weighted by Crippen LogP contribution is 2.46. The van der Waals surface area contributed by atoms with E-state index in [2.05, 4.69) is 0 Å². The molecule has 0 aromatic heterocycles. The van der Waals surface area contributed by atoms with E-state index in [-0.39, 0.29) is 15.7 Å². The van der Waals surface area contributed by atoms with Crippen molar-refractivity contribution in [1.29, 1.82) is 0 Å². The van der Waals surface area contributed by atoms with E-state index in [1.807, 2.05) is 0 Å². The van der Waals surface area contributed by atoms with Crippen molar-refractivity contribution < 1.29 is 49.6 Å². The zero-order valence-electron chi connectivity index (χ0n) is 21.5. The Balaban J connectivity index is 2.55. The van der Waals surface area contributed by atoms with Crippen LogP contribution < -0.4 is 0 Å². The zero-order valence-corrected chi connectivity index (χ0v) is 28.4. The first kappa shape index (κ1) is 37.1. The number of carbonyl (C=O) groups is 3. The molecule has 1 aromatic rings. The monoisotopic (exact) mass is 769 g/mol. The highest BCUT2D eigenvalue weighted by Gasteiger charge is 2.57. The minimum atomic E-state index is -4.27. The van der Waals surface area contributed by atoms with E-state index >= 15 is 0 Å². The summed E-state index contributed by atoms with van der Waals surface area (Å²) in [5.41, 5.74) is -0.817. The number of halogens is 6. The molecule has 0 spiro atoms. The van der Waals surface area contributed by atoms with Gasteiger partial charge in [-0.1, -0.05) is 87.8 Å². The van der Waals surface area contributed by atoms with Gasteiger partial charge in [0, 0.05) is 0 Å². The first-order chi connectivity index (χ1) is 19.0. The number of alkyl halides is 6. The summed E-state index contributed by atoms with van der Waals surface area (Å²) >= 11 is 33.5. The van der Waals surface area contributed by atoms with Crippen LogP contribution in [0, 0.1) is 5.92 Å². The van der Waals surface area contributed by atoms with Gasteiger partial charge >= 0.3 is 22.2 Å². The summed E-state index contributed by atoms with van der Waals surface area (Å²) in [4.78, 5) is 39.1. The summed E-state index contributed by atoms with van der Waals surface area (Å²) in [6, 6.07) is 7.02. The third-order valence-corrected chi connectivity index (χ3v) is 9.83. The number of nitrogens with zero attached hydrogens (tertiary/aromatic N) is 1. The van der Waals surface area contributed by atoms with Crippen LogP contribution in [0.2, 0.25) is 0 Å². The van der Waals surface area contributed by atoms with E-state index < -0.39 is 86.7 Å². The van der Waals surface area contributed by atoms with Gasteiger partial charge in [-0.05, 0) is 36.8 Å². The number of β-lactam (4-membered cyclic amide) rings is 1. The molecule has 2 rings (SSSR count). The molecule has 0 N–H and O–H groups in total. The molecule has 1 heterocycles. The topological polar surface area (TPSA) is 160 Å². The number of amides is 1. The van der Waals surface area contributed by atoms with Crippen molar-refractivity contribution >= 4 is 117 Å². The van der Waals surface area contributed by atoms with Crippen LogP contribution in [0.1, 0.15) is 13.8 Å². The van der Waals surface area contributed by atoms with Crippen molar-refractivity contribution in [1.82, 2.24) is 4.90 Å². The molecule has 1 aliphatic rings. The van der Waals surface area contributed by atoms with Gasteiger partial charge in [0.2, 0.25) is 22.4 Å². The largest absolute Gasteiger partial charge is 0.508 e. The van der Waals surface area contributed by atoms with Gasteiger partial charge in [-0.3, -0.25) is 9.69 Å². The molecule has 0 saturated carbocycles. The number of esters is 1. The van der Waals surface area contributed by atoms with E-state index in [0.29, 0.717) is 11.2 Å². The first-order valence-corrected chi connectivity index (χ1v) is 18.0. The van der Waals surface area contributed by atoms with Crippen molar-refractivity contribution in [2.45, 2.75) is 37.8 Å². The molecule has 42 heavy (non-hydrogen) atoms. The molecule has 21 heteroatoms. The molecule has 0 unspecified atom stereocenters. The third-order valence-electron chi connectivity index (χ3n) is 4.89. The normalized spacial score (nSPS) is 19.3. The summed E-state index contributed by atoms with van der Waals surface area (Å²) in [7, 11) is -8.32. The molecule has 1 fully saturated rings. The Kier molecular flexibility index (Phi) is 12.7. The Bertz CT molecular complexity index is 1430. The van der Waals surface area contributed by atoms with Crippen LogP contribution in [0.4, 0.5) is 4.79 Å². The average molecular weight is 772 g/mol.